The first kappa shape index (κ1) is 12.4. The summed E-state index contributed by atoms with van der Waals surface area (Å²) in [7, 11) is 0. The van der Waals surface area contributed by atoms with Crippen molar-refractivity contribution in [2.45, 2.75) is 51.2 Å². The van der Waals surface area contributed by atoms with Gasteiger partial charge in [0, 0.05) is 12.8 Å². The van der Waals surface area contributed by atoms with Gasteiger partial charge < -0.3 is 10.5 Å². The van der Waals surface area contributed by atoms with Gasteiger partial charge >= 0.3 is 5.97 Å². The third kappa shape index (κ3) is 3.41. The quantitative estimate of drug-likeness (QED) is 0.722. The minimum absolute atomic E-state index is 0.312. The predicted molar refractivity (Wildman–Crippen MR) is 51.5 cm³/mol. The summed E-state index contributed by atoms with van der Waals surface area (Å²) in [6.45, 7) is 5.15. The van der Waals surface area contributed by atoms with Crippen molar-refractivity contribution < 1.29 is 18.3 Å². The van der Waals surface area contributed by atoms with Crippen molar-refractivity contribution in [3.05, 3.63) is 0 Å². The van der Waals surface area contributed by atoms with Gasteiger partial charge in [-0.15, -0.1) is 0 Å². The van der Waals surface area contributed by atoms with Crippen molar-refractivity contribution in [3.63, 3.8) is 0 Å². The Morgan fingerprint density at radius 2 is 1.93 bits per heavy atom. The number of carbonyl (C=O) groups is 1. The van der Waals surface area contributed by atoms with Gasteiger partial charge in [0.1, 0.15) is 11.6 Å². The van der Waals surface area contributed by atoms with Gasteiger partial charge in [0.25, 0.3) is 0 Å². The Morgan fingerprint density at radius 3 is 2.27 bits per heavy atom. The molecule has 0 aliphatic heterocycles. The van der Waals surface area contributed by atoms with Crippen LogP contribution in [0.3, 0.4) is 0 Å². The summed E-state index contributed by atoms with van der Waals surface area (Å²) in [5.74, 6) is -3.69. The lowest BCUT2D eigenvalue weighted by atomic mass is 9.76. The predicted octanol–water partition coefficient (Wildman–Crippen LogP) is 1.70. The van der Waals surface area contributed by atoms with Gasteiger partial charge in [-0.1, -0.05) is 0 Å². The number of hydrogen-bond donors (Lipinski definition) is 1. The minimum Gasteiger partial charge on any atom is -0.459 e. The Kier molecular flexibility index (Phi) is 3.05. The monoisotopic (exact) mass is 221 g/mol. The zero-order valence-electron chi connectivity index (χ0n) is 9.22. The Labute approximate surface area is 88.0 Å². The number of carbonyl (C=O) groups excluding carboxylic acids is 1. The first-order chi connectivity index (χ1) is 6.61. The molecule has 0 heterocycles. The Bertz CT molecular complexity index is 253. The fourth-order valence-electron chi connectivity index (χ4n) is 1.52. The van der Waals surface area contributed by atoms with Gasteiger partial charge in [-0.2, -0.15) is 0 Å². The van der Waals surface area contributed by atoms with Crippen LogP contribution in [0.5, 0.6) is 0 Å². The summed E-state index contributed by atoms with van der Waals surface area (Å²) >= 11 is 0. The van der Waals surface area contributed by atoms with Crippen molar-refractivity contribution in [2.24, 2.45) is 11.7 Å². The van der Waals surface area contributed by atoms with Crippen LogP contribution in [0.15, 0.2) is 0 Å². The lowest BCUT2D eigenvalue weighted by molar-refractivity contribution is -0.166. The molecule has 0 bridgehead atoms. The first-order valence-electron chi connectivity index (χ1n) is 4.97. The number of alkyl halides is 2. The van der Waals surface area contributed by atoms with Gasteiger partial charge in [0.2, 0.25) is 5.92 Å². The molecular weight excluding hydrogens is 204 g/mol. The average Bonchev–Trinajstić information content (AvgIpc) is 1.95. The van der Waals surface area contributed by atoms with Crippen LogP contribution in [0.4, 0.5) is 8.78 Å². The standard InChI is InChI=1S/C10H17F2NO2/c1-9(2,3)15-8(14)7(13)6-4-10(11,12)5-6/h6-7H,4-5,13H2,1-3H3. The van der Waals surface area contributed by atoms with Crippen molar-refractivity contribution in [2.75, 3.05) is 0 Å². The molecule has 0 spiro atoms. The molecule has 3 nitrogen and oxygen atoms in total. The van der Waals surface area contributed by atoms with Crippen LogP contribution in [0.2, 0.25) is 0 Å². The van der Waals surface area contributed by atoms with E-state index in [1.54, 1.807) is 20.8 Å². The maximum atomic E-state index is 12.5. The third-order valence-electron chi connectivity index (χ3n) is 2.31. The molecule has 1 atom stereocenters. The Hall–Kier alpha value is -0.710. The van der Waals surface area contributed by atoms with Gasteiger partial charge in [-0.05, 0) is 26.7 Å². The maximum Gasteiger partial charge on any atom is 0.323 e. The van der Waals surface area contributed by atoms with E-state index in [-0.39, 0.29) is 12.8 Å². The summed E-state index contributed by atoms with van der Waals surface area (Å²) in [5, 5.41) is 0. The van der Waals surface area contributed by atoms with Crippen LogP contribution < -0.4 is 5.73 Å². The van der Waals surface area contributed by atoms with E-state index in [0.717, 1.165) is 0 Å². The molecule has 0 aromatic rings. The molecule has 1 fully saturated rings. The Morgan fingerprint density at radius 1 is 1.47 bits per heavy atom. The van der Waals surface area contributed by atoms with E-state index in [0.29, 0.717) is 0 Å². The van der Waals surface area contributed by atoms with Crippen LogP contribution in [-0.4, -0.2) is 23.5 Å². The van der Waals surface area contributed by atoms with Gasteiger partial charge in [-0.25, -0.2) is 8.78 Å². The molecule has 0 amide bonds. The van der Waals surface area contributed by atoms with Gasteiger partial charge in [0.05, 0.1) is 0 Å². The normalized spacial score (nSPS) is 23.1. The molecule has 1 aliphatic rings. The average molecular weight is 221 g/mol. The minimum atomic E-state index is -2.65. The van der Waals surface area contributed by atoms with Crippen molar-refractivity contribution >= 4 is 5.97 Å². The number of esters is 1. The van der Waals surface area contributed by atoms with Crippen LogP contribution in [0, 0.1) is 5.92 Å². The number of hydrogen-bond acceptors (Lipinski definition) is 3. The second-order valence-corrected chi connectivity index (χ2v) is 5.08. The largest absolute Gasteiger partial charge is 0.459 e. The van der Waals surface area contributed by atoms with Crippen molar-refractivity contribution in [1.29, 1.82) is 0 Å². The highest BCUT2D eigenvalue weighted by atomic mass is 19.3. The SMILES string of the molecule is CC(C)(C)OC(=O)C(N)C1CC(F)(F)C1. The van der Waals surface area contributed by atoms with Gasteiger partial charge in [0.15, 0.2) is 0 Å². The smallest absolute Gasteiger partial charge is 0.323 e. The first-order valence-corrected chi connectivity index (χ1v) is 4.97. The molecule has 1 saturated carbocycles. The second-order valence-electron chi connectivity index (χ2n) is 5.08. The highest BCUT2D eigenvalue weighted by molar-refractivity contribution is 5.76. The summed E-state index contributed by atoms with van der Waals surface area (Å²) in [6, 6.07) is -0.927. The van der Waals surface area contributed by atoms with Crippen molar-refractivity contribution in [3.8, 4) is 0 Å². The van der Waals surface area contributed by atoms with Crippen LogP contribution in [0.25, 0.3) is 0 Å². The van der Waals surface area contributed by atoms with Crippen LogP contribution >= 0.6 is 0 Å². The molecule has 5 heteroatoms. The molecule has 0 aromatic carbocycles. The third-order valence-corrected chi connectivity index (χ3v) is 2.31. The van der Waals surface area contributed by atoms with E-state index < -0.39 is 29.5 Å². The van der Waals surface area contributed by atoms with Crippen LogP contribution in [-0.2, 0) is 9.53 Å². The topological polar surface area (TPSA) is 52.3 Å². The molecule has 0 radical (unpaired) electrons. The highest BCUT2D eigenvalue weighted by Crippen LogP contribution is 2.43. The fraction of sp³-hybridized carbons (Fsp3) is 0.900. The summed E-state index contributed by atoms with van der Waals surface area (Å²) in [6.07, 6.45) is -0.624. The zero-order chi connectivity index (χ0) is 11.9. The molecule has 1 rings (SSSR count). The van der Waals surface area contributed by atoms with E-state index in [2.05, 4.69) is 0 Å². The van der Waals surface area contributed by atoms with Crippen molar-refractivity contribution in [1.82, 2.24) is 0 Å². The van der Waals surface area contributed by atoms with E-state index in [1.807, 2.05) is 0 Å². The molecule has 2 N–H and O–H groups in total. The molecule has 0 aromatic heterocycles. The number of ether oxygens (including phenoxy) is 1. The molecular formula is C10H17F2NO2. The van der Waals surface area contributed by atoms with E-state index >= 15 is 0 Å². The molecule has 1 unspecified atom stereocenters. The second kappa shape index (κ2) is 3.70. The zero-order valence-corrected chi connectivity index (χ0v) is 9.22. The fourth-order valence-corrected chi connectivity index (χ4v) is 1.52. The lowest BCUT2D eigenvalue weighted by Gasteiger charge is -2.38. The van der Waals surface area contributed by atoms with E-state index in [4.69, 9.17) is 10.5 Å². The summed E-state index contributed by atoms with van der Waals surface area (Å²) in [5.41, 5.74) is 4.92. The lowest BCUT2D eigenvalue weighted by Crippen LogP contribution is -2.51. The molecule has 88 valence electrons. The highest BCUT2D eigenvalue weighted by Gasteiger charge is 2.49. The number of halogens is 2. The van der Waals surface area contributed by atoms with Crippen LogP contribution in [0.1, 0.15) is 33.6 Å². The Balaban J connectivity index is 2.42. The molecule has 0 saturated heterocycles. The van der Waals surface area contributed by atoms with Gasteiger partial charge in [-0.3, -0.25) is 4.79 Å². The summed E-state index contributed by atoms with van der Waals surface area (Å²) < 4.78 is 30.1. The summed E-state index contributed by atoms with van der Waals surface area (Å²) in [4.78, 5) is 11.4. The van der Waals surface area contributed by atoms with E-state index in [1.165, 1.54) is 0 Å². The molecule has 15 heavy (non-hydrogen) atoms. The van der Waals surface area contributed by atoms with E-state index in [9.17, 15) is 13.6 Å². The molecule has 1 aliphatic carbocycles. The number of nitrogens with two attached hydrogens (primary N) is 1. The maximum absolute atomic E-state index is 12.5. The number of rotatable bonds is 2.